The summed E-state index contributed by atoms with van der Waals surface area (Å²) in [5.41, 5.74) is 1.97. The van der Waals surface area contributed by atoms with Crippen LogP contribution in [0.2, 0.25) is 0 Å². The molecule has 0 aliphatic rings. The van der Waals surface area contributed by atoms with Gasteiger partial charge in [-0.3, -0.25) is 9.59 Å². The van der Waals surface area contributed by atoms with E-state index in [4.69, 9.17) is 4.74 Å². The maximum atomic E-state index is 12.8. The Morgan fingerprint density at radius 2 is 1.79 bits per heavy atom. The van der Waals surface area contributed by atoms with E-state index in [0.29, 0.717) is 12.2 Å². The van der Waals surface area contributed by atoms with Crippen LogP contribution >= 0.6 is 0 Å². The van der Waals surface area contributed by atoms with Gasteiger partial charge in [0.25, 0.3) is 11.5 Å². The summed E-state index contributed by atoms with van der Waals surface area (Å²) in [5.74, 6) is -1.21. The van der Waals surface area contributed by atoms with Crippen LogP contribution in [0.15, 0.2) is 77.7 Å². The first-order valence-corrected chi connectivity index (χ1v) is 8.80. The van der Waals surface area contributed by atoms with Crippen LogP contribution in [0, 0.1) is 6.92 Å². The van der Waals surface area contributed by atoms with Gasteiger partial charge >= 0.3 is 5.97 Å². The lowest BCUT2D eigenvalue weighted by molar-refractivity contribution is -0.121. The third-order valence-corrected chi connectivity index (χ3v) is 4.16. The summed E-state index contributed by atoms with van der Waals surface area (Å²) in [6, 6.07) is 20.0. The number of nitrogens with one attached hydrogen (secondary N) is 1. The van der Waals surface area contributed by atoms with E-state index in [1.54, 1.807) is 4.90 Å². The number of carbonyl (C=O) groups excluding carboxylic acids is 2. The Kier molecular flexibility index (Phi) is 6.01. The van der Waals surface area contributed by atoms with Gasteiger partial charge in [-0.1, -0.05) is 42.5 Å². The van der Waals surface area contributed by atoms with Gasteiger partial charge in [-0.25, -0.2) is 4.79 Å². The predicted octanol–water partition coefficient (Wildman–Crippen LogP) is 3.07. The lowest BCUT2D eigenvalue weighted by Crippen LogP contribution is -2.34. The number of pyridine rings is 1. The van der Waals surface area contributed by atoms with Gasteiger partial charge in [0.2, 0.25) is 0 Å². The van der Waals surface area contributed by atoms with E-state index >= 15 is 0 Å². The van der Waals surface area contributed by atoms with E-state index in [1.807, 2.05) is 61.5 Å². The molecule has 0 fully saturated rings. The number of rotatable bonds is 6. The molecule has 28 heavy (non-hydrogen) atoms. The molecule has 3 aromatic rings. The lowest BCUT2D eigenvalue weighted by Gasteiger charge is -2.23. The molecule has 1 amide bonds. The van der Waals surface area contributed by atoms with Gasteiger partial charge in [0, 0.05) is 11.9 Å². The van der Waals surface area contributed by atoms with Crippen LogP contribution in [-0.4, -0.2) is 23.5 Å². The van der Waals surface area contributed by atoms with Crippen LogP contribution < -0.4 is 10.5 Å². The summed E-state index contributed by atoms with van der Waals surface area (Å²) in [6.45, 7) is 1.82. The Labute approximate surface area is 162 Å². The largest absolute Gasteiger partial charge is 0.452 e. The second kappa shape index (κ2) is 8.81. The molecular weight excluding hydrogens is 356 g/mol. The molecule has 0 bridgehead atoms. The number of nitrogens with zero attached hydrogens (tertiary/aromatic N) is 1. The fourth-order valence-corrected chi connectivity index (χ4v) is 2.75. The molecule has 0 spiro atoms. The van der Waals surface area contributed by atoms with Gasteiger partial charge in [-0.05, 0) is 42.3 Å². The number of benzene rings is 2. The normalized spacial score (nSPS) is 10.3. The predicted molar refractivity (Wildman–Crippen MR) is 106 cm³/mol. The lowest BCUT2D eigenvalue weighted by atomic mass is 10.1. The Balaban J connectivity index is 1.77. The SMILES string of the molecule is Cc1cccc(N(Cc2ccccc2)C(=O)COC(=O)c2ccc[nH]c2=O)c1. The van der Waals surface area contributed by atoms with Crippen LogP contribution in [0.1, 0.15) is 21.5 Å². The standard InChI is InChI=1S/C22H20N2O4/c1-16-7-5-10-18(13-16)24(14-17-8-3-2-4-9-17)20(25)15-28-22(27)19-11-6-12-23-21(19)26/h2-13H,14-15H2,1H3,(H,23,26). The highest BCUT2D eigenvalue weighted by Crippen LogP contribution is 2.19. The number of aromatic amines is 1. The fraction of sp³-hybridized carbons (Fsp3) is 0.136. The van der Waals surface area contributed by atoms with E-state index in [9.17, 15) is 14.4 Å². The zero-order valence-corrected chi connectivity index (χ0v) is 15.4. The van der Waals surface area contributed by atoms with Crippen LogP contribution in [0.5, 0.6) is 0 Å². The van der Waals surface area contributed by atoms with Crippen molar-refractivity contribution in [2.24, 2.45) is 0 Å². The number of esters is 1. The number of anilines is 1. The molecule has 1 heterocycles. The quantitative estimate of drug-likeness (QED) is 0.671. The molecule has 3 rings (SSSR count). The average molecular weight is 376 g/mol. The van der Waals surface area contributed by atoms with Crippen LogP contribution in [0.4, 0.5) is 5.69 Å². The van der Waals surface area contributed by atoms with Crippen molar-refractivity contribution in [2.75, 3.05) is 11.5 Å². The first-order chi connectivity index (χ1) is 13.5. The molecule has 142 valence electrons. The van der Waals surface area contributed by atoms with E-state index in [-0.39, 0.29) is 11.5 Å². The van der Waals surface area contributed by atoms with Crippen molar-refractivity contribution in [1.29, 1.82) is 0 Å². The molecule has 6 heteroatoms. The van der Waals surface area contributed by atoms with Crippen LogP contribution in [-0.2, 0) is 16.1 Å². The summed E-state index contributed by atoms with van der Waals surface area (Å²) in [7, 11) is 0. The van der Waals surface area contributed by atoms with Crippen molar-refractivity contribution in [3.63, 3.8) is 0 Å². The van der Waals surface area contributed by atoms with E-state index in [0.717, 1.165) is 11.1 Å². The highest BCUT2D eigenvalue weighted by atomic mass is 16.5. The maximum Gasteiger partial charge on any atom is 0.344 e. The summed E-state index contributed by atoms with van der Waals surface area (Å²) < 4.78 is 5.09. The number of hydrogen-bond acceptors (Lipinski definition) is 4. The number of aryl methyl sites for hydroxylation is 1. The molecule has 0 aliphatic carbocycles. The Bertz CT molecular complexity index is 1030. The fourth-order valence-electron chi connectivity index (χ4n) is 2.75. The highest BCUT2D eigenvalue weighted by Gasteiger charge is 2.20. The van der Waals surface area contributed by atoms with Crippen molar-refractivity contribution in [1.82, 2.24) is 4.98 Å². The monoisotopic (exact) mass is 376 g/mol. The summed E-state index contributed by atoms with van der Waals surface area (Å²) >= 11 is 0. The summed E-state index contributed by atoms with van der Waals surface area (Å²) in [5, 5.41) is 0. The van der Waals surface area contributed by atoms with Gasteiger partial charge < -0.3 is 14.6 Å². The molecule has 2 aromatic carbocycles. The minimum absolute atomic E-state index is 0.138. The molecule has 0 radical (unpaired) electrons. The Hall–Kier alpha value is -3.67. The van der Waals surface area contributed by atoms with Crippen LogP contribution in [0.25, 0.3) is 0 Å². The van der Waals surface area contributed by atoms with E-state index < -0.39 is 18.1 Å². The van der Waals surface area contributed by atoms with Gasteiger partial charge in [-0.2, -0.15) is 0 Å². The first kappa shape index (κ1) is 19.1. The van der Waals surface area contributed by atoms with Gasteiger partial charge in [0.05, 0.1) is 6.54 Å². The van der Waals surface area contributed by atoms with Gasteiger partial charge in [0.1, 0.15) is 5.56 Å². The Morgan fingerprint density at radius 1 is 1.00 bits per heavy atom. The number of ether oxygens (including phenoxy) is 1. The van der Waals surface area contributed by atoms with E-state index in [1.165, 1.54) is 18.3 Å². The van der Waals surface area contributed by atoms with Crippen molar-refractivity contribution < 1.29 is 14.3 Å². The molecule has 0 saturated carbocycles. The van der Waals surface area contributed by atoms with Gasteiger partial charge in [-0.15, -0.1) is 0 Å². The number of carbonyl (C=O) groups is 2. The Morgan fingerprint density at radius 3 is 2.50 bits per heavy atom. The van der Waals surface area contributed by atoms with Crippen molar-refractivity contribution in [3.8, 4) is 0 Å². The number of amides is 1. The zero-order valence-electron chi connectivity index (χ0n) is 15.4. The minimum Gasteiger partial charge on any atom is -0.452 e. The number of hydrogen-bond donors (Lipinski definition) is 1. The van der Waals surface area contributed by atoms with E-state index in [2.05, 4.69) is 4.98 Å². The summed E-state index contributed by atoms with van der Waals surface area (Å²) in [4.78, 5) is 40.6. The third kappa shape index (κ3) is 4.73. The molecule has 6 nitrogen and oxygen atoms in total. The molecule has 0 unspecified atom stereocenters. The maximum absolute atomic E-state index is 12.8. The minimum atomic E-state index is -0.834. The second-order valence-electron chi connectivity index (χ2n) is 6.29. The molecule has 0 saturated heterocycles. The number of aromatic nitrogens is 1. The van der Waals surface area contributed by atoms with Crippen molar-refractivity contribution >= 4 is 17.6 Å². The number of H-pyrrole nitrogens is 1. The molecule has 1 aromatic heterocycles. The first-order valence-electron chi connectivity index (χ1n) is 8.80. The summed E-state index contributed by atoms with van der Waals surface area (Å²) in [6.07, 6.45) is 1.42. The highest BCUT2D eigenvalue weighted by molar-refractivity contribution is 5.97. The van der Waals surface area contributed by atoms with Crippen molar-refractivity contribution in [3.05, 3.63) is 100.0 Å². The second-order valence-corrected chi connectivity index (χ2v) is 6.29. The topological polar surface area (TPSA) is 79.5 Å². The third-order valence-electron chi connectivity index (χ3n) is 4.16. The van der Waals surface area contributed by atoms with Crippen LogP contribution in [0.3, 0.4) is 0 Å². The molecule has 0 aliphatic heterocycles. The average Bonchev–Trinajstić information content (AvgIpc) is 2.71. The smallest absolute Gasteiger partial charge is 0.344 e. The van der Waals surface area contributed by atoms with Crippen molar-refractivity contribution in [2.45, 2.75) is 13.5 Å². The molecule has 1 N–H and O–H groups in total. The molecule has 0 atom stereocenters. The van der Waals surface area contributed by atoms with Gasteiger partial charge in [0.15, 0.2) is 6.61 Å². The zero-order chi connectivity index (χ0) is 19.9. The molecular formula is C22H20N2O4.